The van der Waals surface area contributed by atoms with Crippen LogP contribution in [-0.2, 0) is 6.54 Å². The smallest absolute Gasteiger partial charge is 0.0703 e. The van der Waals surface area contributed by atoms with E-state index in [9.17, 15) is 0 Å². The summed E-state index contributed by atoms with van der Waals surface area (Å²) in [5.41, 5.74) is 0.961. The minimum Gasteiger partial charge on any atom is -0.311 e. The molecule has 17 heavy (non-hydrogen) atoms. The van der Waals surface area contributed by atoms with E-state index in [4.69, 9.17) is 28.5 Å². The van der Waals surface area contributed by atoms with Crippen molar-refractivity contribution in [1.29, 1.82) is 5.26 Å². The molecule has 1 aliphatic carbocycles. The SMILES string of the molecule is N#CC1(CNCc2ccc(Cl)c(Cl)c2)CCC1. The molecule has 0 radical (unpaired) electrons. The molecule has 0 heterocycles. The van der Waals surface area contributed by atoms with Gasteiger partial charge in [0.15, 0.2) is 0 Å². The predicted molar refractivity (Wildman–Crippen MR) is 70.1 cm³/mol. The van der Waals surface area contributed by atoms with Gasteiger partial charge in [-0.1, -0.05) is 35.7 Å². The fourth-order valence-electron chi connectivity index (χ4n) is 2.03. The number of rotatable bonds is 4. The van der Waals surface area contributed by atoms with Gasteiger partial charge >= 0.3 is 0 Å². The van der Waals surface area contributed by atoms with Crippen molar-refractivity contribution < 1.29 is 0 Å². The first-order chi connectivity index (χ1) is 8.15. The van der Waals surface area contributed by atoms with E-state index in [1.807, 2.05) is 12.1 Å². The first-order valence-corrected chi connectivity index (χ1v) is 6.47. The van der Waals surface area contributed by atoms with Crippen molar-refractivity contribution in [3.63, 3.8) is 0 Å². The standard InChI is InChI=1S/C13H14Cl2N2/c14-11-3-2-10(6-12(11)15)7-17-9-13(8-16)4-1-5-13/h2-3,6,17H,1,4-5,7,9H2. The van der Waals surface area contributed by atoms with Gasteiger partial charge in [0.1, 0.15) is 0 Å². The van der Waals surface area contributed by atoms with E-state index >= 15 is 0 Å². The third kappa shape index (κ3) is 2.93. The molecule has 2 rings (SSSR count). The maximum atomic E-state index is 9.09. The summed E-state index contributed by atoms with van der Waals surface area (Å²) in [7, 11) is 0. The summed E-state index contributed by atoms with van der Waals surface area (Å²) in [5, 5.41) is 13.5. The minimum atomic E-state index is -0.129. The molecule has 0 atom stereocenters. The van der Waals surface area contributed by atoms with Gasteiger partial charge in [-0.3, -0.25) is 0 Å². The van der Waals surface area contributed by atoms with Crippen LogP contribution in [0, 0.1) is 16.7 Å². The van der Waals surface area contributed by atoms with Crippen molar-refractivity contribution in [3.05, 3.63) is 33.8 Å². The van der Waals surface area contributed by atoms with Gasteiger partial charge in [-0.05, 0) is 30.5 Å². The van der Waals surface area contributed by atoms with Gasteiger partial charge in [-0.15, -0.1) is 0 Å². The maximum Gasteiger partial charge on any atom is 0.0703 e. The number of halogens is 2. The molecule has 1 aromatic carbocycles. The highest BCUT2D eigenvalue weighted by Gasteiger charge is 2.36. The van der Waals surface area contributed by atoms with Gasteiger partial charge in [0.05, 0.1) is 21.5 Å². The van der Waals surface area contributed by atoms with Gasteiger partial charge in [0, 0.05) is 13.1 Å². The fraction of sp³-hybridized carbons (Fsp3) is 0.462. The highest BCUT2D eigenvalue weighted by Crippen LogP contribution is 2.39. The second-order valence-corrected chi connectivity index (χ2v) is 5.41. The monoisotopic (exact) mass is 268 g/mol. The second kappa shape index (κ2) is 5.27. The van der Waals surface area contributed by atoms with E-state index in [2.05, 4.69) is 11.4 Å². The van der Waals surface area contributed by atoms with Crippen LogP contribution < -0.4 is 5.32 Å². The molecule has 0 bridgehead atoms. The van der Waals surface area contributed by atoms with Crippen LogP contribution in [-0.4, -0.2) is 6.54 Å². The average molecular weight is 269 g/mol. The van der Waals surface area contributed by atoms with Crippen molar-refractivity contribution >= 4 is 23.2 Å². The summed E-state index contributed by atoms with van der Waals surface area (Å²) in [6, 6.07) is 8.01. The number of hydrogen-bond donors (Lipinski definition) is 1. The molecule has 2 nitrogen and oxygen atoms in total. The minimum absolute atomic E-state index is 0.129. The van der Waals surface area contributed by atoms with Gasteiger partial charge in [-0.25, -0.2) is 0 Å². The van der Waals surface area contributed by atoms with Crippen LogP contribution in [0.15, 0.2) is 18.2 Å². The largest absolute Gasteiger partial charge is 0.311 e. The molecule has 0 unspecified atom stereocenters. The van der Waals surface area contributed by atoms with E-state index in [1.54, 1.807) is 6.07 Å². The number of nitriles is 1. The fourth-order valence-corrected chi connectivity index (χ4v) is 2.35. The second-order valence-electron chi connectivity index (χ2n) is 4.60. The first-order valence-electron chi connectivity index (χ1n) is 5.71. The summed E-state index contributed by atoms with van der Waals surface area (Å²) in [5.74, 6) is 0. The predicted octanol–water partition coefficient (Wildman–Crippen LogP) is 3.78. The first kappa shape index (κ1) is 12.7. The number of nitrogens with zero attached hydrogens (tertiary/aromatic N) is 1. The van der Waals surface area contributed by atoms with Gasteiger partial charge < -0.3 is 5.32 Å². The van der Waals surface area contributed by atoms with E-state index in [-0.39, 0.29) is 5.41 Å². The topological polar surface area (TPSA) is 35.8 Å². The maximum absolute atomic E-state index is 9.09. The number of hydrogen-bond acceptors (Lipinski definition) is 2. The normalized spacial score (nSPS) is 17.2. The zero-order valence-electron chi connectivity index (χ0n) is 9.47. The lowest BCUT2D eigenvalue weighted by molar-refractivity contribution is 0.206. The molecule has 1 N–H and O–H groups in total. The quantitative estimate of drug-likeness (QED) is 0.902. The van der Waals surface area contributed by atoms with Crippen LogP contribution in [0.25, 0.3) is 0 Å². The summed E-state index contributed by atoms with van der Waals surface area (Å²) < 4.78 is 0. The Bertz CT molecular complexity index is 447. The molecular weight excluding hydrogens is 255 g/mol. The third-order valence-corrected chi connectivity index (χ3v) is 4.06. The summed E-state index contributed by atoms with van der Waals surface area (Å²) in [6.45, 7) is 1.48. The van der Waals surface area contributed by atoms with E-state index in [1.165, 1.54) is 6.42 Å². The molecule has 0 aromatic heterocycles. The van der Waals surface area contributed by atoms with Crippen LogP contribution in [0.2, 0.25) is 10.0 Å². The van der Waals surface area contributed by atoms with E-state index < -0.39 is 0 Å². The lowest BCUT2D eigenvalue weighted by Crippen LogP contribution is -2.38. The molecular formula is C13H14Cl2N2. The Morgan fingerprint density at radius 1 is 1.29 bits per heavy atom. The average Bonchev–Trinajstić information content (AvgIpc) is 2.27. The Hall–Kier alpha value is -0.750. The molecule has 1 aliphatic rings. The van der Waals surface area contributed by atoms with E-state index in [0.717, 1.165) is 31.5 Å². The van der Waals surface area contributed by atoms with Crippen LogP contribution in [0.3, 0.4) is 0 Å². The van der Waals surface area contributed by atoms with Crippen molar-refractivity contribution in [2.24, 2.45) is 5.41 Å². The van der Waals surface area contributed by atoms with E-state index in [0.29, 0.717) is 10.0 Å². The summed E-state index contributed by atoms with van der Waals surface area (Å²) in [4.78, 5) is 0. The Kier molecular flexibility index (Phi) is 3.93. The summed E-state index contributed by atoms with van der Waals surface area (Å²) in [6.07, 6.45) is 3.19. The molecule has 4 heteroatoms. The highest BCUT2D eigenvalue weighted by molar-refractivity contribution is 6.42. The Labute approximate surface area is 112 Å². The molecule has 0 spiro atoms. The van der Waals surface area contributed by atoms with Crippen molar-refractivity contribution in [2.45, 2.75) is 25.8 Å². The van der Waals surface area contributed by atoms with Crippen LogP contribution >= 0.6 is 23.2 Å². The molecule has 1 aromatic rings. The third-order valence-electron chi connectivity index (χ3n) is 3.32. The molecule has 1 fully saturated rings. The number of benzene rings is 1. The van der Waals surface area contributed by atoms with Crippen LogP contribution in [0.1, 0.15) is 24.8 Å². The molecule has 1 saturated carbocycles. The molecule has 0 saturated heterocycles. The zero-order valence-corrected chi connectivity index (χ0v) is 11.0. The van der Waals surface area contributed by atoms with Crippen LogP contribution in [0.4, 0.5) is 0 Å². The van der Waals surface area contributed by atoms with Crippen LogP contribution in [0.5, 0.6) is 0 Å². The lowest BCUT2D eigenvalue weighted by atomic mass is 9.70. The molecule has 90 valence electrons. The van der Waals surface area contributed by atoms with Gasteiger partial charge in [0.25, 0.3) is 0 Å². The molecule has 0 aliphatic heterocycles. The lowest BCUT2D eigenvalue weighted by Gasteiger charge is -2.35. The Morgan fingerprint density at radius 3 is 2.59 bits per heavy atom. The van der Waals surface area contributed by atoms with Gasteiger partial charge in [-0.2, -0.15) is 5.26 Å². The summed E-state index contributed by atoms with van der Waals surface area (Å²) >= 11 is 11.8. The van der Waals surface area contributed by atoms with Crippen molar-refractivity contribution in [2.75, 3.05) is 6.54 Å². The van der Waals surface area contributed by atoms with Crippen molar-refractivity contribution in [3.8, 4) is 6.07 Å². The molecule has 0 amide bonds. The Balaban J connectivity index is 1.86. The Morgan fingerprint density at radius 2 is 2.06 bits per heavy atom. The van der Waals surface area contributed by atoms with Gasteiger partial charge in [0.2, 0.25) is 0 Å². The highest BCUT2D eigenvalue weighted by atomic mass is 35.5. The van der Waals surface area contributed by atoms with Crippen molar-refractivity contribution in [1.82, 2.24) is 5.32 Å². The number of nitrogens with one attached hydrogen (secondary N) is 1. The zero-order chi connectivity index (χ0) is 12.3.